The van der Waals surface area contributed by atoms with Crippen LogP contribution in [0.2, 0.25) is 0 Å². The molecule has 0 saturated carbocycles. The lowest BCUT2D eigenvalue weighted by molar-refractivity contribution is 0.102. The minimum Gasteiger partial charge on any atom is -0.424 e. The van der Waals surface area contributed by atoms with Gasteiger partial charge in [0.05, 0.1) is 11.8 Å². The standard InChI is InChI=1S/C21H20FN7O2/c1-12-4-6-15(31-21-26-28-29(3)27-21)8-16(12)14-5-7-19(24-9-14)25-20(30)17-10-23-11-18(22)13(17)2/h4-11,28H,1-3H3,(H,26,27)(H,24,25,30). The van der Waals surface area contributed by atoms with Crippen molar-refractivity contribution in [3.63, 3.8) is 0 Å². The van der Waals surface area contributed by atoms with Crippen molar-refractivity contribution in [2.45, 2.75) is 13.8 Å². The SMILES string of the molecule is Cc1ccc(OC2=NNN(C)N2)cc1-c1ccc(NC(=O)c2cncc(F)c2C)nc1. The number of rotatable bonds is 4. The van der Waals surface area contributed by atoms with E-state index in [9.17, 15) is 9.18 Å². The van der Waals surface area contributed by atoms with Crippen LogP contribution in [0.1, 0.15) is 21.5 Å². The van der Waals surface area contributed by atoms with Crippen molar-refractivity contribution in [3.05, 3.63) is 71.4 Å². The first-order valence-corrected chi connectivity index (χ1v) is 9.41. The van der Waals surface area contributed by atoms with E-state index < -0.39 is 11.7 Å². The summed E-state index contributed by atoms with van der Waals surface area (Å²) in [5.74, 6) is -0.0500. The van der Waals surface area contributed by atoms with Crippen LogP contribution in [0, 0.1) is 19.7 Å². The Morgan fingerprint density at radius 2 is 2.00 bits per heavy atom. The number of pyridine rings is 2. The van der Waals surface area contributed by atoms with Crippen molar-refractivity contribution < 1.29 is 13.9 Å². The Morgan fingerprint density at radius 1 is 1.16 bits per heavy atom. The summed E-state index contributed by atoms with van der Waals surface area (Å²) in [4.78, 5) is 20.5. The monoisotopic (exact) mass is 421 g/mol. The number of benzene rings is 1. The van der Waals surface area contributed by atoms with Crippen LogP contribution < -0.4 is 21.0 Å². The van der Waals surface area contributed by atoms with Gasteiger partial charge in [0.1, 0.15) is 17.4 Å². The lowest BCUT2D eigenvalue weighted by atomic mass is 10.0. The number of hydrogen-bond donors (Lipinski definition) is 3. The third-order valence-corrected chi connectivity index (χ3v) is 4.70. The summed E-state index contributed by atoms with van der Waals surface area (Å²) in [5, 5.41) is 8.22. The van der Waals surface area contributed by atoms with Gasteiger partial charge in [-0.2, -0.15) is 0 Å². The minimum absolute atomic E-state index is 0.162. The zero-order valence-corrected chi connectivity index (χ0v) is 17.1. The Morgan fingerprint density at radius 3 is 2.71 bits per heavy atom. The first kappa shape index (κ1) is 20.2. The van der Waals surface area contributed by atoms with Gasteiger partial charge in [-0.15, -0.1) is 10.2 Å². The van der Waals surface area contributed by atoms with Crippen LogP contribution in [0.3, 0.4) is 0 Å². The van der Waals surface area contributed by atoms with Crippen LogP contribution in [0.15, 0.2) is 54.0 Å². The second-order valence-corrected chi connectivity index (χ2v) is 6.95. The number of aryl methyl sites for hydroxylation is 1. The number of carbonyl (C=O) groups is 1. The highest BCUT2D eigenvalue weighted by molar-refractivity contribution is 6.04. The summed E-state index contributed by atoms with van der Waals surface area (Å²) in [6.45, 7) is 3.51. The average molecular weight is 421 g/mol. The van der Waals surface area contributed by atoms with E-state index in [2.05, 4.69) is 31.3 Å². The molecule has 3 N–H and O–H groups in total. The number of carbonyl (C=O) groups excluding carboxylic acids is 1. The molecule has 0 fully saturated rings. The van der Waals surface area contributed by atoms with E-state index in [4.69, 9.17) is 4.74 Å². The van der Waals surface area contributed by atoms with Crippen LogP contribution >= 0.6 is 0 Å². The molecular weight excluding hydrogens is 401 g/mol. The molecule has 31 heavy (non-hydrogen) atoms. The molecule has 0 spiro atoms. The van der Waals surface area contributed by atoms with Gasteiger partial charge in [0, 0.05) is 30.6 Å². The van der Waals surface area contributed by atoms with Crippen LogP contribution in [-0.2, 0) is 0 Å². The zero-order valence-electron chi connectivity index (χ0n) is 17.1. The number of nitrogens with zero attached hydrogens (tertiary/aromatic N) is 4. The second kappa shape index (κ2) is 8.36. The Labute approximate surface area is 177 Å². The number of nitrogens with one attached hydrogen (secondary N) is 3. The Hall–Kier alpha value is -4.05. The van der Waals surface area contributed by atoms with Crippen LogP contribution in [0.5, 0.6) is 5.75 Å². The van der Waals surface area contributed by atoms with Crippen molar-refractivity contribution in [1.82, 2.24) is 26.0 Å². The molecule has 1 aliphatic heterocycles. The lowest BCUT2D eigenvalue weighted by Gasteiger charge is -2.12. The fourth-order valence-corrected chi connectivity index (χ4v) is 2.99. The molecule has 2 aromatic heterocycles. The molecule has 4 rings (SSSR count). The van der Waals surface area contributed by atoms with E-state index in [0.29, 0.717) is 17.6 Å². The third-order valence-electron chi connectivity index (χ3n) is 4.70. The van der Waals surface area contributed by atoms with Crippen molar-refractivity contribution in [3.8, 4) is 16.9 Å². The van der Waals surface area contributed by atoms with E-state index in [1.54, 1.807) is 24.4 Å². The molecule has 0 aliphatic carbocycles. The number of hydrazone groups is 1. The van der Waals surface area contributed by atoms with E-state index in [1.807, 2.05) is 31.2 Å². The van der Waals surface area contributed by atoms with Crippen molar-refractivity contribution in [2.75, 3.05) is 12.4 Å². The fourth-order valence-electron chi connectivity index (χ4n) is 2.99. The largest absolute Gasteiger partial charge is 0.424 e. The van der Waals surface area contributed by atoms with Gasteiger partial charge in [0.25, 0.3) is 5.91 Å². The molecule has 3 heterocycles. The summed E-state index contributed by atoms with van der Waals surface area (Å²) >= 11 is 0. The first-order valence-electron chi connectivity index (χ1n) is 9.41. The number of ether oxygens (including phenoxy) is 1. The van der Waals surface area contributed by atoms with Gasteiger partial charge in [-0.1, -0.05) is 6.07 Å². The highest BCUT2D eigenvalue weighted by Crippen LogP contribution is 2.28. The van der Waals surface area contributed by atoms with Gasteiger partial charge >= 0.3 is 6.02 Å². The molecule has 0 unspecified atom stereocenters. The molecule has 0 saturated heterocycles. The van der Waals surface area contributed by atoms with Crippen molar-refractivity contribution in [1.29, 1.82) is 0 Å². The Balaban J connectivity index is 1.51. The Kier molecular flexibility index (Phi) is 5.46. The maximum Gasteiger partial charge on any atom is 0.329 e. The van der Waals surface area contributed by atoms with E-state index in [1.165, 1.54) is 13.1 Å². The molecule has 1 aliphatic rings. The minimum atomic E-state index is -0.533. The predicted molar refractivity (Wildman–Crippen MR) is 113 cm³/mol. The van der Waals surface area contributed by atoms with E-state index >= 15 is 0 Å². The third kappa shape index (κ3) is 4.43. The summed E-state index contributed by atoms with van der Waals surface area (Å²) in [6.07, 6.45) is 4.05. The lowest BCUT2D eigenvalue weighted by Crippen LogP contribution is -2.39. The number of aromatic nitrogens is 2. The summed E-state index contributed by atoms with van der Waals surface area (Å²) < 4.78 is 19.4. The molecular formula is C21H20FN7O2. The molecule has 1 amide bonds. The number of hydrazine groups is 2. The molecule has 3 aromatic rings. The summed E-state index contributed by atoms with van der Waals surface area (Å²) in [5.41, 5.74) is 8.80. The molecule has 1 aromatic carbocycles. The number of amides is 1. The smallest absolute Gasteiger partial charge is 0.329 e. The van der Waals surface area contributed by atoms with E-state index in [-0.39, 0.29) is 11.1 Å². The normalized spacial score (nSPS) is 13.2. The topological polar surface area (TPSA) is 104 Å². The number of hydrogen-bond acceptors (Lipinski definition) is 8. The first-order chi connectivity index (χ1) is 14.9. The maximum atomic E-state index is 13.7. The molecule has 0 bridgehead atoms. The molecule has 0 atom stereocenters. The van der Waals surface area contributed by atoms with Gasteiger partial charge in [-0.25, -0.2) is 14.9 Å². The van der Waals surface area contributed by atoms with Crippen molar-refractivity contribution in [2.24, 2.45) is 5.10 Å². The quantitative estimate of drug-likeness (QED) is 0.595. The summed E-state index contributed by atoms with van der Waals surface area (Å²) in [6, 6.07) is 9.52. The van der Waals surface area contributed by atoms with Gasteiger partial charge in [-0.05, 0) is 49.2 Å². The Bertz CT molecular complexity index is 1160. The zero-order chi connectivity index (χ0) is 22.0. The van der Waals surface area contributed by atoms with Gasteiger partial charge in [0.2, 0.25) is 0 Å². The molecule has 158 valence electrons. The molecule has 0 radical (unpaired) electrons. The van der Waals surface area contributed by atoms with Crippen molar-refractivity contribution >= 4 is 17.7 Å². The number of halogens is 1. The fraction of sp³-hybridized carbons (Fsp3) is 0.143. The molecule has 9 nitrogen and oxygen atoms in total. The number of amidine groups is 1. The van der Waals surface area contributed by atoms with Crippen LogP contribution in [0.4, 0.5) is 10.2 Å². The second-order valence-electron chi connectivity index (χ2n) is 6.95. The van der Waals surface area contributed by atoms with Gasteiger partial charge in [-0.3, -0.25) is 15.2 Å². The van der Waals surface area contributed by atoms with Gasteiger partial charge < -0.3 is 10.1 Å². The van der Waals surface area contributed by atoms with Gasteiger partial charge in [0.15, 0.2) is 0 Å². The highest BCUT2D eigenvalue weighted by Gasteiger charge is 2.15. The number of anilines is 1. The highest BCUT2D eigenvalue weighted by atomic mass is 19.1. The van der Waals surface area contributed by atoms with Crippen LogP contribution in [-0.4, -0.2) is 34.1 Å². The average Bonchev–Trinajstić information content (AvgIpc) is 3.16. The maximum absolute atomic E-state index is 13.7. The van der Waals surface area contributed by atoms with E-state index in [0.717, 1.165) is 22.9 Å². The predicted octanol–water partition coefficient (Wildman–Crippen LogP) is 2.76. The van der Waals surface area contributed by atoms with Crippen LogP contribution in [0.25, 0.3) is 11.1 Å². The molecule has 10 heteroatoms. The summed E-state index contributed by atoms with van der Waals surface area (Å²) in [7, 11) is 1.76.